The Kier molecular flexibility index (Phi) is 4.74. The van der Waals surface area contributed by atoms with Gasteiger partial charge in [-0.25, -0.2) is 8.42 Å². The van der Waals surface area contributed by atoms with Gasteiger partial charge in [0.15, 0.2) is 0 Å². The summed E-state index contributed by atoms with van der Waals surface area (Å²) in [5.74, 6) is 0.446. The molecule has 0 aliphatic carbocycles. The van der Waals surface area contributed by atoms with E-state index in [-0.39, 0.29) is 16.3 Å². The predicted octanol–water partition coefficient (Wildman–Crippen LogP) is 3.35. The first-order valence-electron chi connectivity index (χ1n) is 6.16. The molecule has 0 fully saturated rings. The maximum Gasteiger partial charge on any atom is 0.262 e. The molecule has 21 heavy (non-hydrogen) atoms. The van der Waals surface area contributed by atoms with Gasteiger partial charge in [0.25, 0.3) is 10.0 Å². The van der Waals surface area contributed by atoms with Gasteiger partial charge in [0.2, 0.25) is 0 Å². The fourth-order valence-corrected chi connectivity index (χ4v) is 3.10. The maximum atomic E-state index is 12.2. The van der Waals surface area contributed by atoms with Crippen LogP contribution in [0, 0.1) is 0 Å². The Morgan fingerprint density at radius 1 is 1.19 bits per heavy atom. The Balaban J connectivity index is 2.25. The van der Waals surface area contributed by atoms with E-state index in [0.29, 0.717) is 16.8 Å². The molecule has 5 nitrogen and oxygen atoms in total. The highest BCUT2D eigenvalue weighted by atomic mass is 79.9. The minimum absolute atomic E-state index is 0.0910. The van der Waals surface area contributed by atoms with Gasteiger partial charge >= 0.3 is 0 Å². The number of aromatic hydroxyl groups is 1. The third-order valence-corrected chi connectivity index (χ3v) is 4.52. The van der Waals surface area contributed by atoms with Crippen LogP contribution in [-0.2, 0) is 10.0 Å². The molecule has 0 unspecified atom stereocenters. The zero-order valence-electron chi connectivity index (χ0n) is 11.2. The fourth-order valence-electron chi connectivity index (χ4n) is 1.68. The summed E-state index contributed by atoms with van der Waals surface area (Å²) in [5.41, 5.74) is 0.118. The standard InChI is InChI=1S/C14H14BrNO4S/c1-2-20-11-4-6-12(7-5-11)21(18,19)16-13-8-3-10(15)9-14(13)17/h3-9,16-17H,2H2,1H3. The van der Waals surface area contributed by atoms with Crippen LogP contribution in [0.4, 0.5) is 5.69 Å². The number of benzene rings is 2. The van der Waals surface area contributed by atoms with Gasteiger partial charge in [0.05, 0.1) is 17.2 Å². The number of phenolic OH excluding ortho intramolecular Hbond substituents is 1. The van der Waals surface area contributed by atoms with Crippen LogP contribution in [0.15, 0.2) is 51.8 Å². The second-order valence-corrected chi connectivity index (χ2v) is 6.77. The first-order chi connectivity index (χ1) is 9.92. The van der Waals surface area contributed by atoms with Gasteiger partial charge in [0.1, 0.15) is 11.5 Å². The molecule has 0 bridgehead atoms. The third kappa shape index (κ3) is 3.89. The van der Waals surface area contributed by atoms with Gasteiger partial charge in [0, 0.05) is 4.47 Å². The highest BCUT2D eigenvalue weighted by Gasteiger charge is 2.16. The molecule has 0 saturated carbocycles. The van der Waals surface area contributed by atoms with E-state index in [1.165, 1.54) is 24.3 Å². The van der Waals surface area contributed by atoms with Crippen LogP contribution >= 0.6 is 15.9 Å². The van der Waals surface area contributed by atoms with E-state index < -0.39 is 10.0 Å². The number of hydrogen-bond donors (Lipinski definition) is 2. The normalized spacial score (nSPS) is 11.1. The molecular formula is C14H14BrNO4S. The molecule has 2 N–H and O–H groups in total. The zero-order valence-corrected chi connectivity index (χ0v) is 13.6. The average molecular weight is 372 g/mol. The third-order valence-electron chi connectivity index (χ3n) is 2.65. The van der Waals surface area contributed by atoms with Crippen molar-refractivity contribution in [1.82, 2.24) is 0 Å². The van der Waals surface area contributed by atoms with Crippen molar-refractivity contribution in [2.75, 3.05) is 11.3 Å². The van der Waals surface area contributed by atoms with E-state index in [0.717, 1.165) is 0 Å². The topological polar surface area (TPSA) is 75.6 Å². The van der Waals surface area contributed by atoms with E-state index in [1.54, 1.807) is 18.2 Å². The summed E-state index contributed by atoms with van der Waals surface area (Å²) < 4.78 is 32.7. The number of anilines is 1. The molecule has 0 aliphatic rings. The van der Waals surface area contributed by atoms with E-state index in [4.69, 9.17) is 4.74 Å². The van der Waals surface area contributed by atoms with E-state index in [9.17, 15) is 13.5 Å². The predicted molar refractivity (Wildman–Crippen MR) is 84.2 cm³/mol. The Morgan fingerprint density at radius 2 is 1.86 bits per heavy atom. The molecule has 0 aliphatic heterocycles. The molecule has 0 atom stereocenters. The Labute approximate surface area is 131 Å². The minimum atomic E-state index is -3.76. The van der Waals surface area contributed by atoms with Gasteiger partial charge in [-0.1, -0.05) is 15.9 Å². The molecule has 0 amide bonds. The number of halogens is 1. The van der Waals surface area contributed by atoms with E-state index in [1.807, 2.05) is 6.92 Å². The summed E-state index contributed by atoms with van der Waals surface area (Å²) in [6.45, 7) is 2.36. The van der Waals surface area contributed by atoms with Crippen molar-refractivity contribution in [3.63, 3.8) is 0 Å². The van der Waals surface area contributed by atoms with E-state index in [2.05, 4.69) is 20.7 Å². The average Bonchev–Trinajstić information content (AvgIpc) is 2.43. The number of rotatable bonds is 5. The summed E-state index contributed by atoms with van der Waals surface area (Å²) in [6.07, 6.45) is 0. The molecule has 0 radical (unpaired) electrons. The van der Waals surface area contributed by atoms with Crippen molar-refractivity contribution in [3.05, 3.63) is 46.9 Å². The van der Waals surface area contributed by atoms with Gasteiger partial charge in [-0.05, 0) is 49.4 Å². The second-order valence-electron chi connectivity index (χ2n) is 4.17. The summed E-state index contributed by atoms with van der Waals surface area (Å²) in [7, 11) is -3.76. The lowest BCUT2D eigenvalue weighted by molar-refractivity contribution is 0.340. The van der Waals surface area contributed by atoms with Gasteiger partial charge in [-0.15, -0.1) is 0 Å². The largest absolute Gasteiger partial charge is 0.506 e. The molecule has 0 aromatic heterocycles. The quantitative estimate of drug-likeness (QED) is 0.790. The number of ether oxygens (including phenoxy) is 1. The zero-order chi connectivity index (χ0) is 15.5. The lowest BCUT2D eigenvalue weighted by Crippen LogP contribution is -2.13. The maximum absolute atomic E-state index is 12.2. The monoisotopic (exact) mass is 371 g/mol. The number of nitrogens with one attached hydrogen (secondary N) is 1. The molecule has 0 saturated heterocycles. The summed E-state index contributed by atoms with van der Waals surface area (Å²) in [5, 5.41) is 9.74. The lowest BCUT2D eigenvalue weighted by Gasteiger charge is -2.10. The van der Waals surface area contributed by atoms with Gasteiger partial charge < -0.3 is 9.84 Å². The summed E-state index contributed by atoms with van der Waals surface area (Å²) in [4.78, 5) is 0.0910. The summed E-state index contributed by atoms with van der Waals surface area (Å²) in [6, 6.07) is 10.6. The van der Waals surface area contributed by atoms with E-state index >= 15 is 0 Å². The smallest absolute Gasteiger partial charge is 0.262 e. The molecule has 112 valence electrons. The molecule has 0 spiro atoms. The van der Waals surface area contributed by atoms with Gasteiger partial charge in [-0.2, -0.15) is 0 Å². The summed E-state index contributed by atoms with van der Waals surface area (Å²) >= 11 is 3.19. The van der Waals surface area contributed by atoms with Crippen LogP contribution < -0.4 is 9.46 Å². The molecular weight excluding hydrogens is 358 g/mol. The van der Waals surface area contributed by atoms with Crippen LogP contribution in [0.5, 0.6) is 11.5 Å². The van der Waals surface area contributed by atoms with Crippen molar-refractivity contribution < 1.29 is 18.3 Å². The van der Waals surface area contributed by atoms with Crippen molar-refractivity contribution in [1.29, 1.82) is 0 Å². The highest BCUT2D eigenvalue weighted by molar-refractivity contribution is 9.10. The SMILES string of the molecule is CCOc1ccc(S(=O)(=O)Nc2ccc(Br)cc2O)cc1. The molecule has 0 heterocycles. The van der Waals surface area contributed by atoms with Crippen LogP contribution in [0.3, 0.4) is 0 Å². The Hall–Kier alpha value is -1.73. The molecule has 2 aromatic rings. The molecule has 2 aromatic carbocycles. The second kappa shape index (κ2) is 6.36. The van der Waals surface area contributed by atoms with Crippen LogP contribution in [-0.4, -0.2) is 20.1 Å². The van der Waals surface area contributed by atoms with Crippen LogP contribution in [0.1, 0.15) is 6.92 Å². The lowest BCUT2D eigenvalue weighted by atomic mass is 10.3. The molecule has 2 rings (SSSR count). The van der Waals surface area contributed by atoms with Gasteiger partial charge in [-0.3, -0.25) is 4.72 Å². The molecule has 7 heteroatoms. The number of sulfonamides is 1. The highest BCUT2D eigenvalue weighted by Crippen LogP contribution is 2.29. The first kappa shape index (κ1) is 15.7. The first-order valence-corrected chi connectivity index (χ1v) is 8.44. The Morgan fingerprint density at radius 3 is 2.43 bits per heavy atom. The number of phenols is 1. The fraction of sp³-hybridized carbons (Fsp3) is 0.143. The van der Waals surface area contributed by atoms with Crippen LogP contribution in [0.25, 0.3) is 0 Å². The Bertz CT molecular complexity index is 729. The minimum Gasteiger partial charge on any atom is -0.506 e. The van der Waals surface area contributed by atoms with Crippen molar-refractivity contribution in [3.8, 4) is 11.5 Å². The van der Waals surface area contributed by atoms with Crippen LogP contribution in [0.2, 0.25) is 0 Å². The van der Waals surface area contributed by atoms with Crippen molar-refractivity contribution >= 4 is 31.6 Å². The van der Waals surface area contributed by atoms with Crippen molar-refractivity contribution in [2.24, 2.45) is 0 Å². The van der Waals surface area contributed by atoms with Crippen molar-refractivity contribution in [2.45, 2.75) is 11.8 Å². The number of hydrogen-bond acceptors (Lipinski definition) is 4.